The van der Waals surface area contributed by atoms with E-state index in [1.54, 1.807) is 4.90 Å². The third-order valence-corrected chi connectivity index (χ3v) is 7.21. The van der Waals surface area contributed by atoms with E-state index >= 15 is 0 Å². The molecule has 0 radical (unpaired) electrons. The number of nitrogens with one attached hydrogen (secondary N) is 1. The number of imidazole rings is 1. The third-order valence-electron chi connectivity index (χ3n) is 4.61. The molecule has 1 aromatic heterocycles. The lowest BCUT2D eigenvalue weighted by molar-refractivity contribution is -0.130. The first kappa shape index (κ1) is 21.0. The Morgan fingerprint density at radius 1 is 1.43 bits per heavy atom. The number of sulfone groups is 1. The maximum atomic E-state index is 12.9. The van der Waals surface area contributed by atoms with Gasteiger partial charge >= 0.3 is 0 Å². The van der Waals surface area contributed by atoms with Crippen LogP contribution >= 0.6 is 11.8 Å². The highest BCUT2D eigenvalue weighted by molar-refractivity contribution is 7.99. The molecule has 2 aromatic rings. The molecule has 154 valence electrons. The molecule has 1 aliphatic heterocycles. The van der Waals surface area contributed by atoms with Crippen LogP contribution in [0.2, 0.25) is 0 Å². The van der Waals surface area contributed by atoms with E-state index in [0.29, 0.717) is 24.7 Å². The Labute approximate surface area is 170 Å². The molecule has 0 aliphatic carbocycles. The molecule has 9 heteroatoms. The number of hydrogen-bond acceptors (Lipinski definition) is 6. The number of fused-ring (bicyclic) bond motifs is 1. The van der Waals surface area contributed by atoms with E-state index in [1.165, 1.54) is 11.8 Å². The molecular weight excluding hydrogens is 398 g/mol. The molecule has 2 heterocycles. The number of aromatic nitrogens is 2. The summed E-state index contributed by atoms with van der Waals surface area (Å²) < 4.78 is 29.2. The van der Waals surface area contributed by atoms with Crippen LogP contribution in [0.3, 0.4) is 0 Å². The predicted octanol–water partition coefficient (Wildman–Crippen LogP) is 2.73. The lowest BCUT2D eigenvalue weighted by Crippen LogP contribution is -2.44. The Bertz CT molecular complexity index is 940. The van der Waals surface area contributed by atoms with Crippen LogP contribution in [0, 0.1) is 5.92 Å². The van der Waals surface area contributed by atoms with Gasteiger partial charge < -0.3 is 14.6 Å². The zero-order valence-electron chi connectivity index (χ0n) is 16.5. The van der Waals surface area contributed by atoms with E-state index in [1.807, 2.05) is 39.0 Å². The molecule has 7 nitrogen and oxygen atoms in total. The second-order valence-corrected chi connectivity index (χ2v) is 10.6. The summed E-state index contributed by atoms with van der Waals surface area (Å²) in [5.74, 6) is 1.47. The standard InChI is InChI=1S/C19H27N3O4S2/c1-4-26-15-5-6-16-17(9-15)21-19(20-16)27-11-18(23)22(10-13(2)3)14-7-8-28(24,25)12-14/h5-6,9,13-14H,4,7-8,10-12H2,1-3H3,(H,20,21). The number of benzene rings is 1. The van der Waals surface area contributed by atoms with Crippen LogP contribution in [0.15, 0.2) is 23.4 Å². The molecule has 1 atom stereocenters. The molecule has 3 rings (SSSR count). The SMILES string of the molecule is CCOc1ccc2nc(SCC(=O)N(CC(C)C)C3CCS(=O)(=O)C3)[nH]c2c1. The van der Waals surface area contributed by atoms with Crippen LogP contribution in [-0.4, -0.2) is 65.6 Å². The van der Waals surface area contributed by atoms with Crippen LogP contribution < -0.4 is 4.74 Å². The Kier molecular flexibility index (Phi) is 6.54. The lowest BCUT2D eigenvalue weighted by Gasteiger charge is -2.29. The van der Waals surface area contributed by atoms with E-state index in [9.17, 15) is 13.2 Å². The molecular formula is C19H27N3O4S2. The molecule has 28 heavy (non-hydrogen) atoms. The number of aromatic amines is 1. The van der Waals surface area contributed by atoms with Crippen molar-refractivity contribution in [2.24, 2.45) is 5.92 Å². The molecule has 0 bridgehead atoms. The predicted molar refractivity (Wildman–Crippen MR) is 112 cm³/mol. The molecule has 1 fully saturated rings. The number of carbonyl (C=O) groups is 1. The molecule has 0 spiro atoms. The zero-order chi connectivity index (χ0) is 20.3. The van der Waals surface area contributed by atoms with E-state index in [-0.39, 0.29) is 35.1 Å². The monoisotopic (exact) mass is 425 g/mol. The molecule has 0 saturated carbocycles. The number of carbonyl (C=O) groups excluding carboxylic acids is 1. The fraction of sp³-hybridized carbons (Fsp3) is 0.579. The van der Waals surface area contributed by atoms with Crippen molar-refractivity contribution in [3.8, 4) is 5.75 Å². The summed E-state index contributed by atoms with van der Waals surface area (Å²) in [6, 6.07) is 5.44. The first-order valence-corrected chi connectivity index (χ1v) is 12.3. The minimum Gasteiger partial charge on any atom is -0.494 e. The van der Waals surface area contributed by atoms with Crippen molar-refractivity contribution < 1.29 is 17.9 Å². The normalized spacial score (nSPS) is 18.6. The highest BCUT2D eigenvalue weighted by Crippen LogP contribution is 2.25. The highest BCUT2D eigenvalue weighted by Gasteiger charge is 2.34. The van der Waals surface area contributed by atoms with Crippen molar-refractivity contribution >= 4 is 38.5 Å². The van der Waals surface area contributed by atoms with Crippen molar-refractivity contribution in [3.05, 3.63) is 18.2 Å². The van der Waals surface area contributed by atoms with Gasteiger partial charge in [0, 0.05) is 18.7 Å². The van der Waals surface area contributed by atoms with E-state index in [4.69, 9.17) is 4.74 Å². The molecule has 1 unspecified atom stereocenters. The maximum Gasteiger partial charge on any atom is 0.233 e. The number of nitrogens with zero attached hydrogens (tertiary/aromatic N) is 2. The van der Waals surface area contributed by atoms with Crippen molar-refractivity contribution in [1.29, 1.82) is 0 Å². The maximum absolute atomic E-state index is 12.9. The van der Waals surface area contributed by atoms with Crippen LogP contribution in [0.25, 0.3) is 11.0 Å². The minimum atomic E-state index is -3.03. The molecule has 1 N–H and O–H groups in total. The van der Waals surface area contributed by atoms with Crippen LogP contribution in [0.1, 0.15) is 27.2 Å². The van der Waals surface area contributed by atoms with Gasteiger partial charge in [-0.1, -0.05) is 25.6 Å². The van der Waals surface area contributed by atoms with Gasteiger partial charge in [-0.05, 0) is 31.4 Å². The fourth-order valence-electron chi connectivity index (χ4n) is 3.37. The van der Waals surface area contributed by atoms with Crippen LogP contribution in [-0.2, 0) is 14.6 Å². The Balaban J connectivity index is 1.67. The Hall–Kier alpha value is -1.74. The van der Waals surface area contributed by atoms with Gasteiger partial charge in [-0.2, -0.15) is 0 Å². The Morgan fingerprint density at radius 3 is 2.86 bits per heavy atom. The van der Waals surface area contributed by atoms with Crippen LogP contribution in [0.4, 0.5) is 0 Å². The second-order valence-electron chi connectivity index (χ2n) is 7.44. The molecule has 1 aromatic carbocycles. The van der Waals surface area contributed by atoms with Gasteiger partial charge in [0.1, 0.15) is 5.75 Å². The lowest BCUT2D eigenvalue weighted by atomic mass is 10.1. The average molecular weight is 426 g/mol. The van der Waals surface area contributed by atoms with Crippen molar-refractivity contribution in [2.75, 3.05) is 30.4 Å². The van der Waals surface area contributed by atoms with Crippen LogP contribution in [0.5, 0.6) is 5.75 Å². The van der Waals surface area contributed by atoms with Gasteiger partial charge in [-0.3, -0.25) is 4.79 Å². The second kappa shape index (κ2) is 8.73. The number of thioether (sulfide) groups is 1. The molecule has 1 saturated heterocycles. The van der Waals surface area contributed by atoms with E-state index in [0.717, 1.165) is 16.8 Å². The molecule has 1 amide bonds. The smallest absolute Gasteiger partial charge is 0.233 e. The summed E-state index contributed by atoms with van der Waals surface area (Å²) in [6.07, 6.45) is 0.524. The number of hydrogen-bond donors (Lipinski definition) is 1. The average Bonchev–Trinajstić information content (AvgIpc) is 3.19. The van der Waals surface area contributed by atoms with Crippen molar-refractivity contribution in [1.82, 2.24) is 14.9 Å². The number of ether oxygens (including phenoxy) is 1. The quantitative estimate of drug-likeness (QED) is 0.654. The summed E-state index contributed by atoms with van der Waals surface area (Å²) in [5.41, 5.74) is 1.68. The van der Waals surface area contributed by atoms with Gasteiger partial charge in [0.25, 0.3) is 0 Å². The zero-order valence-corrected chi connectivity index (χ0v) is 18.1. The summed E-state index contributed by atoms with van der Waals surface area (Å²) in [6.45, 7) is 7.16. The molecule has 1 aliphatic rings. The fourth-order valence-corrected chi connectivity index (χ4v) is 5.87. The van der Waals surface area contributed by atoms with Crippen molar-refractivity contribution in [2.45, 2.75) is 38.4 Å². The van der Waals surface area contributed by atoms with Crippen molar-refractivity contribution in [3.63, 3.8) is 0 Å². The first-order chi connectivity index (χ1) is 13.3. The highest BCUT2D eigenvalue weighted by atomic mass is 32.2. The summed E-state index contributed by atoms with van der Waals surface area (Å²) in [4.78, 5) is 22.3. The van der Waals surface area contributed by atoms with Gasteiger partial charge in [-0.25, -0.2) is 13.4 Å². The topological polar surface area (TPSA) is 92.4 Å². The third kappa shape index (κ3) is 5.20. The van der Waals surface area contributed by atoms with E-state index < -0.39 is 9.84 Å². The van der Waals surface area contributed by atoms with Gasteiger partial charge in [-0.15, -0.1) is 0 Å². The summed E-state index contributed by atoms with van der Waals surface area (Å²) in [5, 5.41) is 0.667. The van der Waals surface area contributed by atoms with Gasteiger partial charge in [0.05, 0.1) is 34.9 Å². The minimum absolute atomic E-state index is 0.0451. The van der Waals surface area contributed by atoms with Gasteiger partial charge in [0.2, 0.25) is 5.91 Å². The Morgan fingerprint density at radius 2 is 2.21 bits per heavy atom. The summed E-state index contributed by atoms with van der Waals surface area (Å²) >= 11 is 1.34. The number of amides is 1. The largest absolute Gasteiger partial charge is 0.494 e. The van der Waals surface area contributed by atoms with E-state index in [2.05, 4.69) is 9.97 Å². The van der Waals surface area contributed by atoms with Gasteiger partial charge in [0.15, 0.2) is 15.0 Å². The number of rotatable bonds is 8. The first-order valence-electron chi connectivity index (χ1n) is 9.52. The number of H-pyrrole nitrogens is 1. The summed E-state index contributed by atoms with van der Waals surface area (Å²) in [7, 11) is -3.03.